The highest BCUT2D eigenvalue weighted by Crippen LogP contribution is 2.00. The molecule has 1 aromatic rings. The molecule has 1 heterocycles. The van der Waals surface area contributed by atoms with E-state index >= 15 is 0 Å². The van der Waals surface area contributed by atoms with E-state index in [0.29, 0.717) is 18.8 Å². The molecule has 0 saturated heterocycles. The van der Waals surface area contributed by atoms with Crippen molar-refractivity contribution in [2.24, 2.45) is 7.05 Å². The van der Waals surface area contributed by atoms with E-state index < -0.39 is 0 Å². The monoisotopic (exact) mass is 211 g/mol. The van der Waals surface area contributed by atoms with Gasteiger partial charge in [-0.05, 0) is 19.4 Å². The van der Waals surface area contributed by atoms with E-state index in [-0.39, 0.29) is 5.91 Å². The van der Waals surface area contributed by atoms with Crippen LogP contribution in [-0.4, -0.2) is 35.9 Å². The lowest BCUT2D eigenvalue weighted by Crippen LogP contribution is -2.25. The second-order valence-corrected chi connectivity index (χ2v) is 3.40. The second kappa shape index (κ2) is 5.50. The molecule has 84 valence electrons. The number of hydrogen-bond donors (Lipinski definition) is 1. The first kappa shape index (κ1) is 11.7. The quantitative estimate of drug-likeness (QED) is 0.721. The van der Waals surface area contributed by atoms with Crippen molar-refractivity contribution in [1.29, 1.82) is 0 Å². The molecule has 0 aliphatic heterocycles. The van der Waals surface area contributed by atoms with Gasteiger partial charge in [0.1, 0.15) is 5.69 Å². The molecule has 1 aromatic heterocycles. The lowest BCUT2D eigenvalue weighted by molar-refractivity contribution is 0.0943. The summed E-state index contributed by atoms with van der Waals surface area (Å²) in [5, 5.41) is 6.86. The van der Waals surface area contributed by atoms with Crippen LogP contribution in [0.25, 0.3) is 0 Å². The van der Waals surface area contributed by atoms with Crippen molar-refractivity contribution in [3.63, 3.8) is 0 Å². The van der Waals surface area contributed by atoms with Gasteiger partial charge in [0, 0.05) is 33.0 Å². The number of aromatic nitrogens is 2. The number of carbonyl (C=O) groups is 1. The summed E-state index contributed by atoms with van der Waals surface area (Å²) < 4.78 is 6.57. The second-order valence-electron chi connectivity index (χ2n) is 3.40. The van der Waals surface area contributed by atoms with Crippen molar-refractivity contribution in [2.75, 3.05) is 20.3 Å². The zero-order valence-corrected chi connectivity index (χ0v) is 9.41. The van der Waals surface area contributed by atoms with Crippen LogP contribution in [0.4, 0.5) is 0 Å². The van der Waals surface area contributed by atoms with Gasteiger partial charge in [-0.15, -0.1) is 0 Å². The Balaban J connectivity index is 2.40. The molecule has 0 aromatic carbocycles. The Morgan fingerprint density at radius 2 is 2.40 bits per heavy atom. The Labute approximate surface area is 89.4 Å². The smallest absolute Gasteiger partial charge is 0.271 e. The summed E-state index contributed by atoms with van der Waals surface area (Å²) in [6, 6.07) is 1.77. The minimum Gasteiger partial charge on any atom is -0.385 e. The predicted octanol–water partition coefficient (Wildman–Crippen LogP) is 0.495. The maximum Gasteiger partial charge on any atom is 0.271 e. The van der Waals surface area contributed by atoms with Crippen LogP contribution in [0.3, 0.4) is 0 Å². The molecule has 1 N–H and O–H groups in total. The van der Waals surface area contributed by atoms with E-state index in [0.717, 1.165) is 12.1 Å². The zero-order chi connectivity index (χ0) is 11.3. The first-order chi connectivity index (χ1) is 7.15. The van der Waals surface area contributed by atoms with Gasteiger partial charge in [0.05, 0.1) is 0 Å². The fourth-order valence-corrected chi connectivity index (χ4v) is 1.18. The maximum atomic E-state index is 11.5. The van der Waals surface area contributed by atoms with Crippen LogP contribution in [0.5, 0.6) is 0 Å². The normalized spacial score (nSPS) is 10.3. The highest BCUT2D eigenvalue weighted by molar-refractivity contribution is 5.92. The van der Waals surface area contributed by atoms with Crippen LogP contribution in [0.1, 0.15) is 22.6 Å². The van der Waals surface area contributed by atoms with E-state index in [4.69, 9.17) is 4.74 Å². The number of nitrogens with zero attached hydrogens (tertiary/aromatic N) is 2. The van der Waals surface area contributed by atoms with Gasteiger partial charge in [0.15, 0.2) is 0 Å². The summed E-state index contributed by atoms with van der Waals surface area (Å²) in [4.78, 5) is 11.5. The molecule has 0 saturated carbocycles. The van der Waals surface area contributed by atoms with Gasteiger partial charge in [-0.25, -0.2) is 0 Å². The maximum absolute atomic E-state index is 11.5. The Hall–Kier alpha value is -1.36. The fourth-order valence-electron chi connectivity index (χ4n) is 1.18. The number of carbonyl (C=O) groups excluding carboxylic acids is 1. The summed E-state index contributed by atoms with van der Waals surface area (Å²) >= 11 is 0. The average molecular weight is 211 g/mol. The molecule has 0 spiro atoms. The van der Waals surface area contributed by atoms with Gasteiger partial charge in [-0.1, -0.05) is 0 Å². The molecule has 0 radical (unpaired) electrons. The van der Waals surface area contributed by atoms with Crippen LogP contribution in [-0.2, 0) is 11.8 Å². The minimum absolute atomic E-state index is 0.130. The standard InChI is InChI=1S/C10H17N3O2/c1-8-7-9(12-13(8)2)10(14)11-5-4-6-15-3/h7H,4-6H2,1-3H3,(H,11,14). The lowest BCUT2D eigenvalue weighted by atomic mass is 10.3. The Morgan fingerprint density at radius 3 is 2.93 bits per heavy atom. The van der Waals surface area contributed by atoms with Crippen LogP contribution in [0, 0.1) is 6.92 Å². The Kier molecular flexibility index (Phi) is 4.30. The van der Waals surface area contributed by atoms with E-state index in [1.54, 1.807) is 17.9 Å². The molecule has 0 atom stereocenters. The Bertz CT molecular complexity index is 314. The van der Waals surface area contributed by atoms with Crippen LogP contribution >= 0.6 is 0 Å². The van der Waals surface area contributed by atoms with Gasteiger partial charge >= 0.3 is 0 Å². The molecule has 0 fully saturated rings. The average Bonchev–Trinajstić information content (AvgIpc) is 2.54. The molecule has 0 aliphatic carbocycles. The van der Waals surface area contributed by atoms with Crippen molar-refractivity contribution in [2.45, 2.75) is 13.3 Å². The molecule has 1 rings (SSSR count). The zero-order valence-electron chi connectivity index (χ0n) is 9.41. The van der Waals surface area contributed by atoms with E-state index in [9.17, 15) is 4.79 Å². The topological polar surface area (TPSA) is 56.1 Å². The van der Waals surface area contributed by atoms with Crippen LogP contribution < -0.4 is 5.32 Å². The van der Waals surface area contributed by atoms with Gasteiger partial charge in [-0.2, -0.15) is 5.10 Å². The molecule has 0 bridgehead atoms. The van der Waals surface area contributed by atoms with Gasteiger partial charge in [0.2, 0.25) is 0 Å². The summed E-state index contributed by atoms with van der Waals surface area (Å²) in [6.45, 7) is 3.18. The number of aryl methyl sites for hydroxylation is 2. The van der Waals surface area contributed by atoms with Gasteiger partial charge in [-0.3, -0.25) is 9.48 Å². The number of amides is 1. The van der Waals surface area contributed by atoms with Crippen molar-refractivity contribution in [1.82, 2.24) is 15.1 Å². The predicted molar refractivity (Wildman–Crippen MR) is 56.8 cm³/mol. The SMILES string of the molecule is COCCCNC(=O)c1cc(C)n(C)n1. The first-order valence-electron chi connectivity index (χ1n) is 4.93. The van der Waals surface area contributed by atoms with E-state index in [1.807, 2.05) is 14.0 Å². The van der Waals surface area contributed by atoms with Gasteiger partial charge < -0.3 is 10.1 Å². The van der Waals surface area contributed by atoms with Gasteiger partial charge in [0.25, 0.3) is 5.91 Å². The highest BCUT2D eigenvalue weighted by Gasteiger charge is 2.09. The summed E-state index contributed by atoms with van der Waals surface area (Å²) in [5.41, 5.74) is 1.43. The number of methoxy groups -OCH3 is 1. The molecule has 15 heavy (non-hydrogen) atoms. The molecule has 0 unspecified atom stereocenters. The van der Waals surface area contributed by atoms with Crippen LogP contribution in [0.2, 0.25) is 0 Å². The van der Waals surface area contributed by atoms with E-state index in [2.05, 4.69) is 10.4 Å². The van der Waals surface area contributed by atoms with Crippen LogP contribution in [0.15, 0.2) is 6.07 Å². The number of hydrogen-bond acceptors (Lipinski definition) is 3. The minimum atomic E-state index is -0.130. The number of nitrogens with one attached hydrogen (secondary N) is 1. The largest absolute Gasteiger partial charge is 0.385 e. The molecule has 1 amide bonds. The molecular formula is C10H17N3O2. The third-order valence-electron chi connectivity index (χ3n) is 2.16. The summed E-state index contributed by atoms with van der Waals surface area (Å²) in [6.07, 6.45) is 0.814. The Morgan fingerprint density at radius 1 is 1.67 bits per heavy atom. The third-order valence-corrected chi connectivity index (χ3v) is 2.16. The summed E-state index contributed by atoms with van der Waals surface area (Å²) in [7, 11) is 3.46. The van der Waals surface area contributed by atoms with Crippen molar-refractivity contribution in [3.05, 3.63) is 17.5 Å². The molecular weight excluding hydrogens is 194 g/mol. The van der Waals surface area contributed by atoms with Crippen molar-refractivity contribution in [3.8, 4) is 0 Å². The molecule has 5 nitrogen and oxygen atoms in total. The molecule has 0 aliphatic rings. The first-order valence-corrected chi connectivity index (χ1v) is 4.93. The third kappa shape index (κ3) is 3.36. The lowest BCUT2D eigenvalue weighted by Gasteiger charge is -2.01. The summed E-state index contributed by atoms with van der Waals surface area (Å²) in [5.74, 6) is -0.130. The number of rotatable bonds is 5. The molecule has 5 heteroatoms. The van der Waals surface area contributed by atoms with Crippen molar-refractivity contribution < 1.29 is 9.53 Å². The highest BCUT2D eigenvalue weighted by atomic mass is 16.5. The fraction of sp³-hybridized carbons (Fsp3) is 0.600. The van der Waals surface area contributed by atoms with E-state index in [1.165, 1.54) is 0 Å². The van der Waals surface area contributed by atoms with Crippen molar-refractivity contribution >= 4 is 5.91 Å². The number of ether oxygens (including phenoxy) is 1.